The van der Waals surface area contributed by atoms with E-state index in [-0.39, 0.29) is 24.4 Å². The number of carboxylic acids is 1. The monoisotopic (exact) mass is 289 g/mol. The van der Waals surface area contributed by atoms with Gasteiger partial charge in [0, 0.05) is 11.6 Å². The largest absolute Gasteiger partial charge is 0.492 e. The van der Waals surface area contributed by atoms with Gasteiger partial charge in [0.2, 0.25) is 5.91 Å². The van der Waals surface area contributed by atoms with E-state index in [1.807, 2.05) is 26.0 Å². The zero-order chi connectivity index (χ0) is 15.1. The van der Waals surface area contributed by atoms with Gasteiger partial charge in [-0.3, -0.25) is 9.59 Å². The Labute approximate surface area is 123 Å². The second-order valence-electron chi connectivity index (χ2n) is 5.93. The molecule has 0 spiro atoms. The maximum atomic E-state index is 12.7. The highest BCUT2D eigenvalue weighted by molar-refractivity contribution is 5.88. The highest BCUT2D eigenvalue weighted by Gasteiger charge is 2.40. The number of hydrogen-bond donors (Lipinski definition) is 1. The number of benzene rings is 1. The predicted octanol–water partition coefficient (Wildman–Crippen LogP) is 1.86. The van der Waals surface area contributed by atoms with Gasteiger partial charge in [0.05, 0.1) is 0 Å². The average Bonchev–Trinajstić information content (AvgIpc) is 3.18. The zero-order valence-corrected chi connectivity index (χ0v) is 12.3. The number of nitrogens with zero attached hydrogens (tertiary/aromatic N) is 1. The summed E-state index contributed by atoms with van der Waals surface area (Å²) < 4.78 is 5.63. The summed E-state index contributed by atoms with van der Waals surface area (Å²) in [5.74, 6) is -0.710. The summed E-state index contributed by atoms with van der Waals surface area (Å²) in [7, 11) is 0. The van der Waals surface area contributed by atoms with Gasteiger partial charge in [-0.15, -0.1) is 0 Å². The lowest BCUT2D eigenvalue weighted by Crippen LogP contribution is -2.40. The first-order valence-electron chi connectivity index (χ1n) is 7.23. The molecule has 21 heavy (non-hydrogen) atoms. The van der Waals surface area contributed by atoms with Gasteiger partial charge in [0.1, 0.15) is 24.8 Å². The summed E-state index contributed by atoms with van der Waals surface area (Å²) in [5.41, 5.74) is 3.14. The number of fused-ring (bicyclic) bond motifs is 1. The molecule has 5 heteroatoms. The van der Waals surface area contributed by atoms with Gasteiger partial charge >= 0.3 is 5.97 Å². The molecule has 1 aromatic rings. The molecule has 3 rings (SSSR count). The maximum absolute atomic E-state index is 12.7. The van der Waals surface area contributed by atoms with Gasteiger partial charge in [-0.05, 0) is 43.9 Å². The van der Waals surface area contributed by atoms with E-state index in [9.17, 15) is 9.59 Å². The van der Waals surface area contributed by atoms with Crippen LogP contribution in [-0.2, 0) is 9.59 Å². The second kappa shape index (κ2) is 5.06. The van der Waals surface area contributed by atoms with Crippen LogP contribution >= 0.6 is 0 Å². The lowest BCUT2D eigenvalue weighted by Gasteiger charge is -2.23. The summed E-state index contributed by atoms with van der Waals surface area (Å²) in [4.78, 5) is 25.2. The van der Waals surface area contributed by atoms with E-state index >= 15 is 0 Å². The Morgan fingerprint density at radius 1 is 1.29 bits per heavy atom. The van der Waals surface area contributed by atoms with Gasteiger partial charge in [0.25, 0.3) is 0 Å². The van der Waals surface area contributed by atoms with Crippen molar-refractivity contribution >= 4 is 11.9 Å². The van der Waals surface area contributed by atoms with Crippen molar-refractivity contribution in [2.75, 3.05) is 13.2 Å². The summed E-state index contributed by atoms with van der Waals surface area (Å²) in [6, 6.07) is 4.03. The minimum atomic E-state index is -0.963. The lowest BCUT2D eigenvalue weighted by atomic mass is 9.96. The molecule has 1 N–H and O–H groups in total. The molecule has 112 valence electrons. The van der Waals surface area contributed by atoms with Crippen molar-refractivity contribution in [3.05, 3.63) is 28.8 Å². The molecule has 2 aliphatic rings. The van der Waals surface area contributed by atoms with Gasteiger partial charge < -0.3 is 14.7 Å². The number of carboxylic acid groups (broad SMARTS) is 1. The molecule has 1 saturated carbocycles. The standard InChI is InChI=1S/C16H19NO4/c1-9-5-12-13(8-21-14(12)6-10(9)2)16(20)17(7-15(18)19)11-3-4-11/h5-6,11,13H,3-4,7-8H2,1-2H3,(H,18,19). The van der Waals surface area contributed by atoms with Crippen LogP contribution in [0.1, 0.15) is 35.4 Å². The van der Waals surface area contributed by atoms with Crippen molar-refractivity contribution < 1.29 is 19.4 Å². The van der Waals surface area contributed by atoms with Crippen LogP contribution in [0.15, 0.2) is 12.1 Å². The number of amides is 1. The fraction of sp³-hybridized carbons (Fsp3) is 0.500. The Bertz CT molecular complexity index is 607. The molecule has 1 unspecified atom stereocenters. The minimum Gasteiger partial charge on any atom is -0.492 e. The number of ether oxygens (including phenoxy) is 1. The molecule has 1 aliphatic carbocycles. The summed E-state index contributed by atoms with van der Waals surface area (Å²) in [6.07, 6.45) is 1.79. The van der Waals surface area contributed by atoms with Crippen molar-refractivity contribution in [1.82, 2.24) is 4.90 Å². The van der Waals surface area contributed by atoms with Crippen molar-refractivity contribution in [2.24, 2.45) is 0 Å². The predicted molar refractivity (Wildman–Crippen MR) is 76.5 cm³/mol. The highest BCUT2D eigenvalue weighted by Crippen LogP contribution is 2.38. The fourth-order valence-electron chi connectivity index (χ4n) is 2.80. The number of hydrogen-bond acceptors (Lipinski definition) is 3. The number of carbonyl (C=O) groups is 2. The van der Waals surface area contributed by atoms with Gasteiger partial charge in [-0.25, -0.2) is 0 Å². The van der Waals surface area contributed by atoms with Crippen LogP contribution in [0.4, 0.5) is 0 Å². The van der Waals surface area contributed by atoms with E-state index in [0.29, 0.717) is 6.61 Å². The van der Waals surface area contributed by atoms with E-state index in [1.54, 1.807) is 0 Å². The third-order valence-corrected chi connectivity index (χ3v) is 4.28. The Hall–Kier alpha value is -2.04. The van der Waals surface area contributed by atoms with Gasteiger partial charge in [-0.2, -0.15) is 0 Å². The van der Waals surface area contributed by atoms with E-state index in [1.165, 1.54) is 4.90 Å². The minimum absolute atomic E-state index is 0.0872. The molecular formula is C16H19NO4. The lowest BCUT2D eigenvalue weighted by molar-refractivity contribution is -0.145. The van der Waals surface area contributed by atoms with E-state index in [2.05, 4.69) is 0 Å². The van der Waals surface area contributed by atoms with Crippen LogP contribution in [0.2, 0.25) is 0 Å². The molecule has 0 radical (unpaired) electrons. The summed E-state index contributed by atoms with van der Waals surface area (Å²) in [6.45, 7) is 4.10. The molecule has 0 bridgehead atoms. The van der Waals surface area contributed by atoms with E-state index in [4.69, 9.17) is 9.84 Å². The van der Waals surface area contributed by atoms with Crippen LogP contribution < -0.4 is 4.74 Å². The summed E-state index contributed by atoms with van der Waals surface area (Å²) >= 11 is 0. The molecule has 1 atom stereocenters. The first-order valence-corrected chi connectivity index (χ1v) is 7.23. The quantitative estimate of drug-likeness (QED) is 0.918. The molecule has 5 nitrogen and oxygen atoms in total. The molecule has 0 aromatic heterocycles. The van der Waals surface area contributed by atoms with Crippen LogP contribution in [0.5, 0.6) is 5.75 Å². The maximum Gasteiger partial charge on any atom is 0.323 e. The van der Waals surface area contributed by atoms with Crippen LogP contribution in [0.25, 0.3) is 0 Å². The van der Waals surface area contributed by atoms with Gasteiger partial charge in [0.15, 0.2) is 0 Å². The number of aryl methyl sites for hydroxylation is 2. The highest BCUT2D eigenvalue weighted by atomic mass is 16.5. The number of carbonyl (C=O) groups excluding carboxylic acids is 1. The van der Waals surface area contributed by atoms with Crippen molar-refractivity contribution in [3.63, 3.8) is 0 Å². The summed E-state index contributed by atoms with van der Waals surface area (Å²) in [5, 5.41) is 9.00. The number of aliphatic carboxylic acids is 1. The third-order valence-electron chi connectivity index (χ3n) is 4.28. The molecule has 1 aliphatic heterocycles. The molecular weight excluding hydrogens is 270 g/mol. The molecule has 1 aromatic carbocycles. The van der Waals surface area contributed by atoms with Crippen molar-refractivity contribution in [1.29, 1.82) is 0 Å². The topological polar surface area (TPSA) is 66.8 Å². The first kappa shape index (κ1) is 13.9. The normalized spacial score (nSPS) is 19.8. The van der Waals surface area contributed by atoms with E-state index < -0.39 is 5.97 Å². The van der Waals surface area contributed by atoms with Crippen molar-refractivity contribution in [3.8, 4) is 5.75 Å². The number of rotatable bonds is 4. The van der Waals surface area contributed by atoms with Crippen molar-refractivity contribution in [2.45, 2.75) is 38.6 Å². The molecule has 1 fully saturated rings. The molecule has 1 heterocycles. The van der Waals surface area contributed by atoms with Crippen LogP contribution in [0, 0.1) is 13.8 Å². The van der Waals surface area contributed by atoms with Crippen LogP contribution in [-0.4, -0.2) is 41.1 Å². The van der Waals surface area contributed by atoms with Crippen LogP contribution in [0.3, 0.4) is 0 Å². The fourth-order valence-corrected chi connectivity index (χ4v) is 2.80. The third kappa shape index (κ3) is 2.60. The molecule has 0 saturated heterocycles. The molecule has 1 amide bonds. The SMILES string of the molecule is Cc1cc2c(cc1C)C(C(=O)N(CC(=O)O)C1CC1)CO2. The Morgan fingerprint density at radius 3 is 2.57 bits per heavy atom. The Balaban J connectivity index is 1.87. The Kier molecular flexibility index (Phi) is 3.35. The zero-order valence-electron chi connectivity index (χ0n) is 12.3. The first-order chi connectivity index (χ1) is 9.97. The van der Waals surface area contributed by atoms with Gasteiger partial charge in [-0.1, -0.05) is 6.07 Å². The second-order valence-corrected chi connectivity index (χ2v) is 5.93. The average molecular weight is 289 g/mol. The van der Waals surface area contributed by atoms with E-state index in [0.717, 1.165) is 35.3 Å². The smallest absolute Gasteiger partial charge is 0.323 e. The Morgan fingerprint density at radius 2 is 1.95 bits per heavy atom.